The summed E-state index contributed by atoms with van der Waals surface area (Å²) in [4.78, 5) is 20.6. The van der Waals surface area contributed by atoms with Crippen LogP contribution >= 0.6 is 11.6 Å². The second kappa shape index (κ2) is 8.95. The van der Waals surface area contributed by atoms with Gasteiger partial charge in [0.05, 0.1) is 11.8 Å². The minimum atomic E-state index is -0.755. The zero-order chi connectivity index (χ0) is 20.1. The Morgan fingerprint density at radius 3 is 2.29 bits per heavy atom. The molecule has 3 aromatic rings. The number of aromatic nitrogens is 2. The molecule has 2 N–H and O–H groups in total. The van der Waals surface area contributed by atoms with Gasteiger partial charge in [0.15, 0.2) is 5.78 Å². The standard InChI is InChI=1S/C22H22ClN3O2/c1-14-3-7-17(8-4-14)21(28)18-9-5-16(6-10-18)11-12-24-22-19(23)20(15(2)27)25-13-26-22/h3-10,13,15,27H,11-12H2,1-2H3,(H,24,25,26). The largest absolute Gasteiger partial charge is 0.387 e. The summed E-state index contributed by atoms with van der Waals surface area (Å²) < 4.78 is 0. The molecule has 0 saturated carbocycles. The van der Waals surface area contributed by atoms with E-state index in [0.29, 0.717) is 34.2 Å². The van der Waals surface area contributed by atoms with Crippen molar-refractivity contribution in [3.8, 4) is 0 Å². The summed E-state index contributed by atoms with van der Waals surface area (Å²) in [7, 11) is 0. The molecule has 0 saturated heterocycles. The molecular weight excluding hydrogens is 374 g/mol. The Labute approximate surface area is 169 Å². The molecule has 0 radical (unpaired) electrons. The minimum absolute atomic E-state index is 0.0168. The lowest BCUT2D eigenvalue weighted by Gasteiger charge is -2.11. The maximum atomic E-state index is 12.5. The molecule has 2 aromatic carbocycles. The molecule has 1 heterocycles. The van der Waals surface area contributed by atoms with Crippen molar-refractivity contribution in [1.29, 1.82) is 0 Å². The monoisotopic (exact) mass is 395 g/mol. The number of carbonyl (C=O) groups is 1. The van der Waals surface area contributed by atoms with Crippen LogP contribution in [0.4, 0.5) is 5.82 Å². The quantitative estimate of drug-likeness (QED) is 0.581. The third-order valence-corrected chi connectivity index (χ3v) is 4.82. The van der Waals surface area contributed by atoms with E-state index in [4.69, 9.17) is 11.6 Å². The first-order valence-electron chi connectivity index (χ1n) is 9.08. The molecule has 3 rings (SSSR count). The van der Waals surface area contributed by atoms with E-state index in [0.717, 1.165) is 17.5 Å². The van der Waals surface area contributed by atoms with Gasteiger partial charge in [-0.05, 0) is 25.8 Å². The minimum Gasteiger partial charge on any atom is -0.387 e. The molecule has 1 aromatic heterocycles. The number of halogens is 1. The molecule has 0 aliphatic rings. The first kappa shape index (κ1) is 20.0. The van der Waals surface area contributed by atoms with Gasteiger partial charge in [-0.3, -0.25) is 4.79 Å². The fraction of sp³-hybridized carbons (Fsp3) is 0.227. The average molecular weight is 396 g/mol. The van der Waals surface area contributed by atoms with Crippen molar-refractivity contribution in [3.63, 3.8) is 0 Å². The topological polar surface area (TPSA) is 75.1 Å². The summed E-state index contributed by atoms with van der Waals surface area (Å²) in [6, 6.07) is 15.2. The zero-order valence-electron chi connectivity index (χ0n) is 15.8. The highest BCUT2D eigenvalue weighted by Gasteiger charge is 2.13. The molecule has 0 amide bonds. The summed E-state index contributed by atoms with van der Waals surface area (Å²) in [5, 5.41) is 13.2. The van der Waals surface area contributed by atoms with Gasteiger partial charge in [-0.25, -0.2) is 9.97 Å². The lowest BCUT2D eigenvalue weighted by Crippen LogP contribution is -2.09. The molecule has 0 aliphatic carbocycles. The first-order chi connectivity index (χ1) is 13.5. The van der Waals surface area contributed by atoms with Crippen LogP contribution in [0, 0.1) is 6.92 Å². The Hall–Kier alpha value is -2.76. The average Bonchev–Trinajstić information content (AvgIpc) is 2.69. The molecular formula is C22H22ClN3O2. The number of aliphatic hydroxyl groups excluding tert-OH is 1. The molecule has 1 atom stereocenters. The predicted molar refractivity (Wildman–Crippen MR) is 111 cm³/mol. The van der Waals surface area contributed by atoms with E-state index < -0.39 is 6.10 Å². The summed E-state index contributed by atoms with van der Waals surface area (Å²) in [6.45, 7) is 4.22. The molecule has 0 aliphatic heterocycles. The third kappa shape index (κ3) is 4.74. The summed E-state index contributed by atoms with van der Waals surface area (Å²) >= 11 is 6.22. The fourth-order valence-electron chi connectivity index (χ4n) is 2.82. The van der Waals surface area contributed by atoms with Gasteiger partial charge in [0.1, 0.15) is 17.2 Å². The molecule has 28 heavy (non-hydrogen) atoms. The molecule has 0 spiro atoms. The molecule has 0 bridgehead atoms. The molecule has 1 unspecified atom stereocenters. The number of anilines is 1. The van der Waals surface area contributed by atoms with Crippen LogP contribution in [-0.2, 0) is 6.42 Å². The van der Waals surface area contributed by atoms with E-state index in [2.05, 4.69) is 15.3 Å². The highest BCUT2D eigenvalue weighted by Crippen LogP contribution is 2.26. The van der Waals surface area contributed by atoms with Crippen LogP contribution in [0.15, 0.2) is 54.9 Å². The smallest absolute Gasteiger partial charge is 0.193 e. The number of aliphatic hydroxyl groups is 1. The summed E-state index contributed by atoms with van der Waals surface area (Å²) in [6.07, 6.45) is 1.36. The van der Waals surface area contributed by atoms with Crippen molar-refractivity contribution in [2.24, 2.45) is 0 Å². The third-order valence-electron chi connectivity index (χ3n) is 4.45. The Morgan fingerprint density at radius 2 is 1.68 bits per heavy atom. The number of aryl methyl sites for hydroxylation is 1. The number of ketones is 1. The lowest BCUT2D eigenvalue weighted by molar-refractivity contribution is 0.103. The summed E-state index contributed by atoms with van der Waals surface area (Å²) in [5.74, 6) is 0.516. The van der Waals surface area contributed by atoms with Crippen LogP contribution in [0.1, 0.15) is 45.8 Å². The number of carbonyl (C=O) groups excluding carboxylic acids is 1. The highest BCUT2D eigenvalue weighted by molar-refractivity contribution is 6.33. The van der Waals surface area contributed by atoms with E-state index in [1.165, 1.54) is 6.33 Å². The number of hydrogen-bond donors (Lipinski definition) is 2. The Morgan fingerprint density at radius 1 is 1.07 bits per heavy atom. The van der Waals surface area contributed by atoms with E-state index >= 15 is 0 Å². The normalized spacial score (nSPS) is 11.9. The van der Waals surface area contributed by atoms with Gasteiger partial charge in [0.25, 0.3) is 0 Å². The van der Waals surface area contributed by atoms with Gasteiger partial charge in [-0.1, -0.05) is 65.7 Å². The number of nitrogens with zero attached hydrogens (tertiary/aromatic N) is 2. The van der Waals surface area contributed by atoms with Crippen LogP contribution in [-0.4, -0.2) is 27.4 Å². The maximum absolute atomic E-state index is 12.5. The molecule has 0 fully saturated rings. The number of hydrogen-bond acceptors (Lipinski definition) is 5. The second-order valence-electron chi connectivity index (χ2n) is 6.67. The SMILES string of the molecule is Cc1ccc(C(=O)c2ccc(CCNc3ncnc(C(C)O)c3Cl)cc2)cc1. The predicted octanol–water partition coefficient (Wildman–Crippen LogP) is 4.38. The van der Waals surface area contributed by atoms with Gasteiger partial charge >= 0.3 is 0 Å². The van der Waals surface area contributed by atoms with E-state index in [9.17, 15) is 9.90 Å². The van der Waals surface area contributed by atoms with Crippen molar-refractivity contribution in [2.75, 3.05) is 11.9 Å². The number of benzene rings is 2. The van der Waals surface area contributed by atoms with E-state index in [-0.39, 0.29) is 5.78 Å². The van der Waals surface area contributed by atoms with Crippen LogP contribution in [0.3, 0.4) is 0 Å². The maximum Gasteiger partial charge on any atom is 0.193 e. The Bertz CT molecular complexity index is 955. The van der Waals surface area contributed by atoms with Crippen molar-refractivity contribution in [3.05, 3.63) is 87.8 Å². The van der Waals surface area contributed by atoms with Gasteiger partial charge in [0, 0.05) is 17.7 Å². The van der Waals surface area contributed by atoms with Crippen molar-refractivity contribution in [2.45, 2.75) is 26.4 Å². The summed E-state index contributed by atoms with van der Waals surface area (Å²) in [5.41, 5.74) is 3.98. The van der Waals surface area contributed by atoms with Crippen molar-refractivity contribution < 1.29 is 9.90 Å². The first-order valence-corrected chi connectivity index (χ1v) is 9.46. The van der Waals surface area contributed by atoms with Crippen LogP contribution in [0.25, 0.3) is 0 Å². The van der Waals surface area contributed by atoms with Gasteiger partial charge in [-0.15, -0.1) is 0 Å². The molecule has 5 nitrogen and oxygen atoms in total. The molecule has 6 heteroatoms. The Balaban J connectivity index is 1.60. The van der Waals surface area contributed by atoms with Gasteiger partial charge in [-0.2, -0.15) is 0 Å². The van der Waals surface area contributed by atoms with Gasteiger partial charge in [0.2, 0.25) is 0 Å². The zero-order valence-corrected chi connectivity index (χ0v) is 16.6. The fourth-order valence-corrected chi connectivity index (χ4v) is 3.14. The number of rotatable bonds is 7. The van der Waals surface area contributed by atoms with Crippen LogP contribution in [0.5, 0.6) is 0 Å². The van der Waals surface area contributed by atoms with Gasteiger partial charge < -0.3 is 10.4 Å². The molecule has 144 valence electrons. The van der Waals surface area contributed by atoms with E-state index in [1.54, 1.807) is 6.92 Å². The van der Waals surface area contributed by atoms with Crippen molar-refractivity contribution >= 4 is 23.2 Å². The highest BCUT2D eigenvalue weighted by atomic mass is 35.5. The van der Waals surface area contributed by atoms with Crippen LogP contribution in [0.2, 0.25) is 5.02 Å². The Kier molecular flexibility index (Phi) is 6.39. The van der Waals surface area contributed by atoms with Crippen LogP contribution < -0.4 is 5.32 Å². The van der Waals surface area contributed by atoms with E-state index in [1.807, 2.05) is 55.5 Å². The van der Waals surface area contributed by atoms with Crippen molar-refractivity contribution in [1.82, 2.24) is 9.97 Å². The lowest BCUT2D eigenvalue weighted by atomic mass is 10.0. The second-order valence-corrected chi connectivity index (χ2v) is 7.04. The number of nitrogens with one attached hydrogen (secondary N) is 1.